The van der Waals surface area contributed by atoms with Crippen LogP contribution in [-0.4, -0.2) is 24.8 Å². The molecule has 0 saturated heterocycles. The molecular formula is C13H8ClN5S. The van der Waals surface area contributed by atoms with Crippen LogP contribution in [0.5, 0.6) is 0 Å². The molecule has 0 aliphatic heterocycles. The highest BCUT2D eigenvalue weighted by Crippen LogP contribution is 2.20. The molecule has 98 valence electrons. The highest BCUT2D eigenvalue weighted by atomic mass is 35.5. The van der Waals surface area contributed by atoms with Gasteiger partial charge in [-0.15, -0.1) is 21.5 Å². The summed E-state index contributed by atoms with van der Waals surface area (Å²) < 4.78 is 2.85. The second kappa shape index (κ2) is 4.50. The van der Waals surface area contributed by atoms with Crippen LogP contribution in [0.4, 0.5) is 0 Å². The zero-order valence-electron chi connectivity index (χ0n) is 10.2. The molecule has 0 bridgehead atoms. The van der Waals surface area contributed by atoms with E-state index in [1.165, 1.54) is 4.70 Å². The summed E-state index contributed by atoms with van der Waals surface area (Å²) in [6.07, 6.45) is 0.655. The number of halogens is 1. The maximum Gasteiger partial charge on any atom is 0.178 e. The lowest BCUT2D eigenvalue weighted by atomic mass is 10.1. The number of fused-ring (bicyclic) bond motifs is 2. The number of hydrogen-bond acceptors (Lipinski definition) is 5. The molecule has 0 spiro atoms. The summed E-state index contributed by atoms with van der Waals surface area (Å²) in [5, 5.41) is 12.9. The maximum absolute atomic E-state index is 5.92. The van der Waals surface area contributed by atoms with Gasteiger partial charge in [-0.25, -0.2) is 4.98 Å². The van der Waals surface area contributed by atoms with Crippen molar-refractivity contribution in [3.05, 3.63) is 52.4 Å². The van der Waals surface area contributed by atoms with Crippen LogP contribution in [0.15, 0.2) is 35.8 Å². The lowest BCUT2D eigenvalue weighted by Crippen LogP contribution is -2.00. The molecule has 3 aromatic heterocycles. The van der Waals surface area contributed by atoms with Gasteiger partial charge < -0.3 is 0 Å². The molecule has 0 N–H and O–H groups in total. The number of hydrogen-bond donors (Lipinski definition) is 0. The summed E-state index contributed by atoms with van der Waals surface area (Å²) in [6.45, 7) is 0. The predicted octanol–water partition coefficient (Wildman–Crippen LogP) is 2.98. The summed E-state index contributed by atoms with van der Waals surface area (Å²) in [5.41, 5.74) is 4.72. The molecule has 0 atom stereocenters. The second-order valence-corrected chi connectivity index (χ2v) is 5.65. The Morgan fingerprint density at radius 2 is 2.10 bits per heavy atom. The van der Waals surface area contributed by atoms with Gasteiger partial charge in [0.2, 0.25) is 0 Å². The average molecular weight is 302 g/mol. The maximum atomic E-state index is 5.92. The predicted molar refractivity (Wildman–Crippen MR) is 78.2 cm³/mol. The Hall–Kier alpha value is -2.05. The first-order valence-corrected chi connectivity index (χ1v) is 7.24. The van der Waals surface area contributed by atoms with Crippen LogP contribution < -0.4 is 0 Å². The third-order valence-electron chi connectivity index (χ3n) is 3.05. The molecule has 0 fully saturated rings. The van der Waals surface area contributed by atoms with Crippen LogP contribution in [0.1, 0.15) is 11.4 Å². The van der Waals surface area contributed by atoms with E-state index in [2.05, 4.69) is 26.3 Å². The lowest BCUT2D eigenvalue weighted by Gasteiger charge is -2.00. The molecule has 5 nitrogen and oxygen atoms in total. The minimum absolute atomic E-state index is 0.427. The van der Waals surface area contributed by atoms with E-state index in [1.54, 1.807) is 28.0 Å². The molecular weight excluding hydrogens is 294 g/mol. The minimum atomic E-state index is 0.427. The van der Waals surface area contributed by atoms with Gasteiger partial charge in [-0.2, -0.15) is 9.61 Å². The number of rotatable bonds is 2. The number of nitrogens with zero attached hydrogens (tertiary/aromatic N) is 5. The largest absolute Gasteiger partial charge is 0.245 e. The van der Waals surface area contributed by atoms with Crippen LogP contribution in [0, 0.1) is 0 Å². The minimum Gasteiger partial charge on any atom is -0.245 e. The Morgan fingerprint density at radius 3 is 3.05 bits per heavy atom. The summed E-state index contributed by atoms with van der Waals surface area (Å²) in [4.78, 5) is 4.27. The average Bonchev–Trinajstić information content (AvgIpc) is 3.05. The SMILES string of the molecule is Clc1ccc2nnc(Cc3ccc4ncsc4c3)n2n1. The van der Waals surface area contributed by atoms with E-state index in [4.69, 9.17) is 11.6 Å². The van der Waals surface area contributed by atoms with Crippen molar-refractivity contribution in [3.63, 3.8) is 0 Å². The molecule has 4 rings (SSSR count). The monoisotopic (exact) mass is 301 g/mol. The third kappa shape index (κ3) is 1.93. The Bertz CT molecular complexity index is 913. The van der Waals surface area contributed by atoms with E-state index in [9.17, 15) is 0 Å². The third-order valence-corrected chi connectivity index (χ3v) is 4.05. The van der Waals surface area contributed by atoms with Gasteiger partial charge >= 0.3 is 0 Å². The molecule has 0 radical (unpaired) electrons. The van der Waals surface area contributed by atoms with E-state index in [0.29, 0.717) is 17.2 Å². The smallest absolute Gasteiger partial charge is 0.178 e. The fraction of sp³-hybridized carbons (Fsp3) is 0.0769. The topological polar surface area (TPSA) is 56.0 Å². The highest BCUT2D eigenvalue weighted by Gasteiger charge is 2.09. The molecule has 0 amide bonds. The lowest BCUT2D eigenvalue weighted by molar-refractivity contribution is 0.838. The Balaban J connectivity index is 1.77. The number of aromatic nitrogens is 5. The zero-order chi connectivity index (χ0) is 13.5. The fourth-order valence-corrected chi connectivity index (χ4v) is 2.99. The molecule has 7 heteroatoms. The van der Waals surface area contributed by atoms with Crippen molar-refractivity contribution in [1.29, 1.82) is 0 Å². The molecule has 4 aromatic rings. The van der Waals surface area contributed by atoms with Crippen molar-refractivity contribution < 1.29 is 0 Å². The molecule has 0 aliphatic rings. The molecule has 3 heterocycles. The van der Waals surface area contributed by atoms with Crippen LogP contribution in [-0.2, 0) is 6.42 Å². The van der Waals surface area contributed by atoms with Gasteiger partial charge in [-0.1, -0.05) is 17.7 Å². The van der Waals surface area contributed by atoms with Gasteiger partial charge in [0.05, 0.1) is 15.7 Å². The normalized spacial score (nSPS) is 11.4. The fourth-order valence-electron chi connectivity index (χ4n) is 2.11. The molecule has 0 unspecified atom stereocenters. The first kappa shape index (κ1) is 11.7. The summed E-state index contributed by atoms with van der Waals surface area (Å²) in [6, 6.07) is 9.70. The van der Waals surface area contributed by atoms with E-state index in [-0.39, 0.29) is 0 Å². The summed E-state index contributed by atoms with van der Waals surface area (Å²) in [7, 11) is 0. The first-order chi connectivity index (χ1) is 9.79. The van der Waals surface area contributed by atoms with Crippen LogP contribution >= 0.6 is 22.9 Å². The molecule has 0 aliphatic carbocycles. The van der Waals surface area contributed by atoms with Crippen molar-refractivity contribution in [2.75, 3.05) is 0 Å². The quantitative estimate of drug-likeness (QED) is 0.571. The van der Waals surface area contributed by atoms with E-state index < -0.39 is 0 Å². The van der Waals surface area contributed by atoms with Gasteiger partial charge in [0.25, 0.3) is 0 Å². The summed E-state index contributed by atoms with van der Waals surface area (Å²) >= 11 is 7.55. The van der Waals surface area contributed by atoms with Crippen LogP contribution in [0.3, 0.4) is 0 Å². The van der Waals surface area contributed by atoms with Crippen LogP contribution in [0.2, 0.25) is 5.15 Å². The first-order valence-electron chi connectivity index (χ1n) is 5.98. The molecule has 20 heavy (non-hydrogen) atoms. The summed E-state index contributed by atoms with van der Waals surface area (Å²) in [5.74, 6) is 0.770. The van der Waals surface area contributed by atoms with Gasteiger partial charge in [-0.3, -0.25) is 0 Å². The highest BCUT2D eigenvalue weighted by molar-refractivity contribution is 7.16. The van der Waals surface area contributed by atoms with Gasteiger partial charge in [0, 0.05) is 6.42 Å². The van der Waals surface area contributed by atoms with E-state index in [1.807, 2.05) is 17.6 Å². The standard InChI is InChI=1S/C13H8ClN5S/c14-11-3-4-12-16-17-13(19(12)18-11)6-8-1-2-9-10(5-8)20-7-15-9/h1-5,7H,6H2. The van der Waals surface area contributed by atoms with Crippen molar-refractivity contribution in [1.82, 2.24) is 24.8 Å². The van der Waals surface area contributed by atoms with Gasteiger partial charge in [0.15, 0.2) is 11.5 Å². The van der Waals surface area contributed by atoms with Gasteiger partial charge in [0.1, 0.15) is 5.15 Å². The van der Waals surface area contributed by atoms with E-state index in [0.717, 1.165) is 16.9 Å². The number of thiazole rings is 1. The van der Waals surface area contributed by atoms with Gasteiger partial charge in [-0.05, 0) is 29.8 Å². The van der Waals surface area contributed by atoms with Crippen molar-refractivity contribution in [2.45, 2.75) is 6.42 Å². The Morgan fingerprint density at radius 1 is 1.15 bits per heavy atom. The molecule has 0 saturated carbocycles. The van der Waals surface area contributed by atoms with E-state index >= 15 is 0 Å². The Kier molecular flexibility index (Phi) is 2.64. The second-order valence-electron chi connectivity index (χ2n) is 4.37. The molecule has 1 aromatic carbocycles. The van der Waals surface area contributed by atoms with Crippen molar-refractivity contribution >= 4 is 38.8 Å². The number of benzene rings is 1. The Labute approximate surface area is 122 Å². The van der Waals surface area contributed by atoms with Crippen molar-refractivity contribution in [3.8, 4) is 0 Å². The van der Waals surface area contributed by atoms with Crippen LogP contribution in [0.25, 0.3) is 15.9 Å². The van der Waals surface area contributed by atoms with Crippen molar-refractivity contribution in [2.24, 2.45) is 0 Å². The zero-order valence-corrected chi connectivity index (χ0v) is 11.8.